The molecule has 0 radical (unpaired) electrons. The number of H-pyrrole nitrogens is 1. The predicted octanol–water partition coefficient (Wildman–Crippen LogP) is 2.92. The van der Waals surface area contributed by atoms with Gasteiger partial charge in [0, 0.05) is 39.7 Å². The third-order valence-corrected chi connectivity index (χ3v) is 4.36. The SMILES string of the molecule is Cc1cc(OCc2cc(CNC3CC3)sc2C)n[nH]1. The van der Waals surface area contributed by atoms with Crippen LogP contribution in [0.15, 0.2) is 12.1 Å². The van der Waals surface area contributed by atoms with E-state index in [9.17, 15) is 0 Å². The lowest BCUT2D eigenvalue weighted by Crippen LogP contribution is -2.14. The lowest BCUT2D eigenvalue weighted by Gasteiger charge is -2.01. The molecular weight excluding hydrogens is 258 g/mol. The minimum absolute atomic E-state index is 0.593. The Hall–Kier alpha value is -1.33. The van der Waals surface area contributed by atoms with Gasteiger partial charge in [0.15, 0.2) is 0 Å². The van der Waals surface area contributed by atoms with Gasteiger partial charge in [-0.2, -0.15) is 0 Å². The highest BCUT2D eigenvalue weighted by atomic mass is 32.1. The maximum absolute atomic E-state index is 5.69. The summed E-state index contributed by atoms with van der Waals surface area (Å²) < 4.78 is 5.69. The second kappa shape index (κ2) is 5.35. The molecular formula is C14H19N3OS. The van der Waals surface area contributed by atoms with Gasteiger partial charge < -0.3 is 10.1 Å². The number of thiophene rings is 1. The zero-order valence-corrected chi connectivity index (χ0v) is 12.1. The van der Waals surface area contributed by atoms with Crippen molar-refractivity contribution in [2.24, 2.45) is 0 Å². The molecule has 102 valence electrons. The standard InChI is InChI=1S/C14H19N3OS/c1-9-5-14(17-16-9)18-8-11-6-13(19-10(11)2)7-15-12-3-4-12/h5-6,12,15H,3-4,7-8H2,1-2H3,(H,16,17). The molecule has 2 aromatic rings. The summed E-state index contributed by atoms with van der Waals surface area (Å²) in [5.41, 5.74) is 2.28. The first-order valence-corrected chi connectivity index (χ1v) is 7.49. The highest BCUT2D eigenvalue weighted by Gasteiger charge is 2.20. The summed E-state index contributed by atoms with van der Waals surface area (Å²) in [6.07, 6.45) is 2.66. The van der Waals surface area contributed by atoms with Crippen LogP contribution in [-0.2, 0) is 13.2 Å². The van der Waals surface area contributed by atoms with E-state index < -0.39 is 0 Å². The largest absolute Gasteiger partial charge is 0.472 e. The van der Waals surface area contributed by atoms with E-state index in [1.807, 2.05) is 24.3 Å². The van der Waals surface area contributed by atoms with Crippen molar-refractivity contribution in [1.29, 1.82) is 0 Å². The number of nitrogens with zero attached hydrogens (tertiary/aromatic N) is 1. The smallest absolute Gasteiger partial charge is 0.233 e. The van der Waals surface area contributed by atoms with Gasteiger partial charge in [-0.25, -0.2) is 0 Å². The molecule has 0 atom stereocenters. The van der Waals surface area contributed by atoms with E-state index in [0.29, 0.717) is 12.5 Å². The summed E-state index contributed by atoms with van der Waals surface area (Å²) in [5.74, 6) is 0.667. The molecule has 3 rings (SSSR count). The first-order valence-electron chi connectivity index (χ1n) is 6.67. The molecule has 0 bridgehead atoms. The Bertz CT molecular complexity index is 557. The summed E-state index contributed by atoms with van der Waals surface area (Å²) in [4.78, 5) is 2.72. The van der Waals surface area contributed by atoms with Gasteiger partial charge in [-0.3, -0.25) is 5.10 Å². The van der Waals surface area contributed by atoms with E-state index in [1.165, 1.54) is 28.2 Å². The number of aromatic amines is 1. The van der Waals surface area contributed by atoms with Crippen molar-refractivity contribution in [3.63, 3.8) is 0 Å². The van der Waals surface area contributed by atoms with Crippen LogP contribution in [0.1, 0.15) is 33.9 Å². The summed E-state index contributed by atoms with van der Waals surface area (Å²) in [6.45, 7) is 5.70. The Morgan fingerprint density at radius 2 is 2.26 bits per heavy atom. The van der Waals surface area contributed by atoms with E-state index in [4.69, 9.17) is 4.74 Å². The van der Waals surface area contributed by atoms with Crippen molar-refractivity contribution in [3.8, 4) is 5.88 Å². The number of aryl methyl sites for hydroxylation is 2. The maximum Gasteiger partial charge on any atom is 0.233 e. The molecule has 2 aromatic heterocycles. The second-order valence-electron chi connectivity index (χ2n) is 5.13. The Kier molecular flexibility index (Phi) is 3.57. The minimum Gasteiger partial charge on any atom is -0.472 e. The van der Waals surface area contributed by atoms with Crippen LogP contribution in [-0.4, -0.2) is 16.2 Å². The fraction of sp³-hybridized carbons (Fsp3) is 0.500. The van der Waals surface area contributed by atoms with Crippen molar-refractivity contribution in [1.82, 2.24) is 15.5 Å². The van der Waals surface area contributed by atoms with Crippen molar-refractivity contribution >= 4 is 11.3 Å². The van der Waals surface area contributed by atoms with E-state index in [0.717, 1.165) is 18.3 Å². The van der Waals surface area contributed by atoms with Crippen LogP contribution in [0, 0.1) is 13.8 Å². The van der Waals surface area contributed by atoms with E-state index in [1.54, 1.807) is 0 Å². The van der Waals surface area contributed by atoms with Crippen LogP contribution >= 0.6 is 11.3 Å². The first-order chi connectivity index (χ1) is 9.20. The second-order valence-corrected chi connectivity index (χ2v) is 6.47. The fourth-order valence-corrected chi connectivity index (χ4v) is 2.97. The van der Waals surface area contributed by atoms with Gasteiger partial charge in [-0.15, -0.1) is 16.4 Å². The molecule has 1 aliphatic carbocycles. The molecule has 0 aromatic carbocycles. The monoisotopic (exact) mass is 277 g/mol. The first kappa shape index (κ1) is 12.7. The van der Waals surface area contributed by atoms with Crippen LogP contribution < -0.4 is 10.1 Å². The van der Waals surface area contributed by atoms with E-state index in [2.05, 4.69) is 28.5 Å². The van der Waals surface area contributed by atoms with Gasteiger partial charge in [-0.1, -0.05) is 0 Å². The van der Waals surface area contributed by atoms with Gasteiger partial charge in [0.1, 0.15) is 6.61 Å². The summed E-state index contributed by atoms with van der Waals surface area (Å²) >= 11 is 1.85. The van der Waals surface area contributed by atoms with Crippen LogP contribution in [0.3, 0.4) is 0 Å². The highest BCUT2D eigenvalue weighted by Crippen LogP contribution is 2.25. The number of ether oxygens (including phenoxy) is 1. The minimum atomic E-state index is 0.593. The van der Waals surface area contributed by atoms with Crippen molar-refractivity contribution in [2.45, 2.75) is 45.9 Å². The maximum atomic E-state index is 5.69. The Morgan fingerprint density at radius 1 is 1.42 bits per heavy atom. The third kappa shape index (κ3) is 3.36. The zero-order valence-electron chi connectivity index (χ0n) is 11.3. The predicted molar refractivity (Wildman–Crippen MR) is 76.6 cm³/mol. The molecule has 0 amide bonds. The van der Waals surface area contributed by atoms with Gasteiger partial charge in [0.2, 0.25) is 5.88 Å². The third-order valence-electron chi connectivity index (χ3n) is 3.27. The van der Waals surface area contributed by atoms with Gasteiger partial charge >= 0.3 is 0 Å². The Labute approximate surface area is 117 Å². The van der Waals surface area contributed by atoms with Crippen molar-refractivity contribution in [2.75, 3.05) is 0 Å². The molecule has 0 aliphatic heterocycles. The molecule has 0 saturated heterocycles. The number of hydrogen-bond acceptors (Lipinski definition) is 4. The summed E-state index contributed by atoms with van der Waals surface area (Å²) in [7, 11) is 0. The molecule has 4 nitrogen and oxygen atoms in total. The van der Waals surface area contributed by atoms with Crippen LogP contribution in [0.25, 0.3) is 0 Å². The lowest BCUT2D eigenvalue weighted by molar-refractivity contribution is 0.293. The molecule has 19 heavy (non-hydrogen) atoms. The average molecular weight is 277 g/mol. The van der Waals surface area contributed by atoms with E-state index in [-0.39, 0.29) is 0 Å². The lowest BCUT2D eigenvalue weighted by atomic mass is 10.2. The Morgan fingerprint density at radius 3 is 2.95 bits per heavy atom. The molecule has 0 unspecified atom stereocenters. The molecule has 1 aliphatic rings. The topological polar surface area (TPSA) is 49.9 Å². The van der Waals surface area contributed by atoms with E-state index >= 15 is 0 Å². The molecule has 0 spiro atoms. The fourth-order valence-electron chi connectivity index (χ4n) is 1.97. The number of hydrogen-bond donors (Lipinski definition) is 2. The van der Waals surface area contributed by atoms with Crippen molar-refractivity contribution in [3.05, 3.63) is 33.1 Å². The average Bonchev–Trinajstić information content (AvgIpc) is 3.02. The molecule has 1 fully saturated rings. The summed E-state index contributed by atoms with van der Waals surface area (Å²) in [5, 5.41) is 10.5. The molecule has 1 saturated carbocycles. The van der Waals surface area contributed by atoms with Crippen molar-refractivity contribution < 1.29 is 4.74 Å². The van der Waals surface area contributed by atoms with Crippen LogP contribution in [0.4, 0.5) is 0 Å². The van der Waals surface area contributed by atoms with Gasteiger partial charge in [0.25, 0.3) is 0 Å². The van der Waals surface area contributed by atoms with Crippen LogP contribution in [0.2, 0.25) is 0 Å². The number of aromatic nitrogens is 2. The van der Waals surface area contributed by atoms with Gasteiger partial charge in [-0.05, 0) is 32.8 Å². The molecule has 5 heteroatoms. The number of nitrogens with one attached hydrogen (secondary N) is 2. The quantitative estimate of drug-likeness (QED) is 0.853. The summed E-state index contributed by atoms with van der Waals surface area (Å²) in [6, 6.07) is 4.92. The highest BCUT2D eigenvalue weighted by molar-refractivity contribution is 7.12. The normalized spacial score (nSPS) is 14.8. The Balaban J connectivity index is 1.57. The molecule has 2 N–H and O–H groups in total. The van der Waals surface area contributed by atoms with Gasteiger partial charge in [0.05, 0.1) is 0 Å². The molecule has 2 heterocycles. The zero-order chi connectivity index (χ0) is 13.2. The van der Waals surface area contributed by atoms with Crippen LogP contribution in [0.5, 0.6) is 5.88 Å². The number of rotatable bonds is 6.